The van der Waals surface area contributed by atoms with Gasteiger partial charge in [-0.1, -0.05) is 42.5 Å². The Morgan fingerprint density at radius 2 is 1.68 bits per heavy atom. The molecule has 1 aliphatic heterocycles. The molecule has 0 unspecified atom stereocenters. The molecule has 2 heterocycles. The number of nitrogens with one attached hydrogen (secondary N) is 2. The van der Waals surface area contributed by atoms with Crippen LogP contribution in [0.1, 0.15) is 5.56 Å². The number of H-pyrrole nitrogens is 1. The van der Waals surface area contributed by atoms with Gasteiger partial charge in [-0.15, -0.1) is 0 Å². The molecule has 38 heavy (non-hydrogen) atoms. The minimum absolute atomic E-state index is 0.00882. The number of ether oxygens (including phenoxy) is 1. The van der Waals surface area contributed by atoms with E-state index in [0.29, 0.717) is 11.1 Å². The van der Waals surface area contributed by atoms with Gasteiger partial charge < -0.3 is 9.72 Å². The summed E-state index contributed by atoms with van der Waals surface area (Å²) in [5.74, 6) is 0. The predicted octanol–water partition coefficient (Wildman–Crippen LogP) is 4.52. The number of aromatic nitrogens is 1. The van der Waals surface area contributed by atoms with Crippen LogP contribution in [-0.4, -0.2) is 38.7 Å². The van der Waals surface area contributed by atoms with Gasteiger partial charge in [0, 0.05) is 28.9 Å². The Morgan fingerprint density at radius 1 is 0.974 bits per heavy atom. The molecule has 0 spiro atoms. The zero-order valence-corrected chi connectivity index (χ0v) is 20.3. The predicted molar refractivity (Wildman–Crippen MR) is 134 cm³/mol. The van der Waals surface area contributed by atoms with Crippen molar-refractivity contribution in [2.24, 2.45) is 0 Å². The van der Waals surface area contributed by atoms with Crippen molar-refractivity contribution in [3.63, 3.8) is 0 Å². The number of alkyl halides is 3. The highest BCUT2D eigenvalue weighted by atomic mass is 32.2. The number of aromatic amines is 1. The number of nitrogens with zero attached hydrogens (tertiary/aromatic N) is 1. The van der Waals surface area contributed by atoms with Gasteiger partial charge in [0.25, 0.3) is 5.56 Å². The number of hydrogen-bond donors (Lipinski definition) is 2. The summed E-state index contributed by atoms with van der Waals surface area (Å²) in [6.45, 7) is -0.133. The quantitative estimate of drug-likeness (QED) is 0.372. The van der Waals surface area contributed by atoms with Crippen LogP contribution in [0, 0.1) is 0 Å². The minimum Gasteiger partial charge on any atom is -0.443 e. The van der Waals surface area contributed by atoms with Gasteiger partial charge in [0.05, 0.1) is 17.0 Å². The van der Waals surface area contributed by atoms with Crippen LogP contribution in [0.25, 0.3) is 22.0 Å². The standard InChI is InChI=1S/C26H20F3N3O5S/c27-26(28,29)22-9-5-4-8-20(22)23-12-16-10-11-17(13-21(16)24(33)31-23)32-15-18(37-25(32)34)14-30-38(35,36)19-6-2-1-3-7-19/h1-13,18,30H,14-15H2,(H,31,33)/t18-/m0/s1. The Hall–Kier alpha value is -4.16. The van der Waals surface area contributed by atoms with Gasteiger partial charge in [-0.2, -0.15) is 13.2 Å². The Bertz CT molecular complexity index is 1690. The van der Waals surface area contributed by atoms with Crippen molar-refractivity contribution in [3.05, 3.63) is 94.8 Å². The molecule has 0 aliphatic carbocycles. The number of hydrogen-bond acceptors (Lipinski definition) is 5. The van der Waals surface area contributed by atoms with Crippen LogP contribution in [0.15, 0.2) is 88.6 Å². The number of fused-ring (bicyclic) bond motifs is 1. The summed E-state index contributed by atoms with van der Waals surface area (Å²) in [6, 6.07) is 18.6. The molecule has 2 N–H and O–H groups in total. The summed E-state index contributed by atoms with van der Waals surface area (Å²) in [6.07, 6.45) is -6.11. The summed E-state index contributed by atoms with van der Waals surface area (Å²) in [7, 11) is -3.80. The lowest BCUT2D eigenvalue weighted by Gasteiger charge is -2.15. The fraction of sp³-hybridized carbons (Fsp3) is 0.154. The molecule has 0 bridgehead atoms. The molecule has 0 saturated carbocycles. The first-order chi connectivity index (χ1) is 18.0. The fourth-order valence-corrected chi connectivity index (χ4v) is 5.34. The minimum atomic E-state index is -4.60. The fourth-order valence-electron chi connectivity index (χ4n) is 4.25. The van der Waals surface area contributed by atoms with Gasteiger partial charge >= 0.3 is 12.3 Å². The monoisotopic (exact) mass is 543 g/mol. The number of benzene rings is 3. The van der Waals surface area contributed by atoms with Crippen LogP contribution in [0.3, 0.4) is 0 Å². The zero-order valence-electron chi connectivity index (χ0n) is 19.5. The Kier molecular flexibility index (Phi) is 6.45. The highest BCUT2D eigenvalue weighted by Gasteiger charge is 2.35. The molecule has 1 atom stereocenters. The lowest BCUT2D eigenvalue weighted by atomic mass is 10.0. The van der Waals surface area contributed by atoms with Gasteiger partial charge in [0.15, 0.2) is 0 Å². The Labute approximate surface area is 214 Å². The van der Waals surface area contributed by atoms with Crippen LogP contribution in [0.5, 0.6) is 0 Å². The topological polar surface area (TPSA) is 109 Å². The first-order valence-corrected chi connectivity index (χ1v) is 12.9. The van der Waals surface area contributed by atoms with Crippen molar-refractivity contribution in [1.82, 2.24) is 9.71 Å². The van der Waals surface area contributed by atoms with E-state index in [0.717, 1.165) is 6.07 Å². The third kappa shape index (κ3) is 5.00. The van der Waals surface area contributed by atoms with E-state index in [4.69, 9.17) is 4.74 Å². The number of amides is 1. The van der Waals surface area contributed by atoms with E-state index in [1.807, 2.05) is 0 Å². The van der Waals surface area contributed by atoms with Crippen LogP contribution in [0.2, 0.25) is 0 Å². The normalized spacial score (nSPS) is 16.1. The number of halogens is 3. The maximum absolute atomic E-state index is 13.5. The third-order valence-corrected chi connectivity index (χ3v) is 7.53. The van der Waals surface area contributed by atoms with Crippen molar-refractivity contribution >= 4 is 32.6 Å². The van der Waals surface area contributed by atoms with Crippen LogP contribution in [-0.2, 0) is 20.9 Å². The van der Waals surface area contributed by atoms with Crippen molar-refractivity contribution in [2.75, 3.05) is 18.0 Å². The van der Waals surface area contributed by atoms with Gasteiger partial charge in [0.1, 0.15) is 6.10 Å². The maximum Gasteiger partial charge on any atom is 0.417 e. The average molecular weight is 544 g/mol. The molecular weight excluding hydrogens is 523 g/mol. The maximum atomic E-state index is 13.5. The Balaban J connectivity index is 1.37. The van der Waals surface area contributed by atoms with Crippen molar-refractivity contribution in [2.45, 2.75) is 17.2 Å². The number of sulfonamides is 1. The van der Waals surface area contributed by atoms with E-state index >= 15 is 0 Å². The van der Waals surface area contributed by atoms with E-state index in [-0.39, 0.29) is 34.6 Å². The molecule has 8 nitrogen and oxygen atoms in total. The van der Waals surface area contributed by atoms with Crippen LogP contribution in [0.4, 0.5) is 23.7 Å². The average Bonchev–Trinajstić information content (AvgIpc) is 3.28. The zero-order chi connectivity index (χ0) is 27.1. The SMILES string of the molecule is O=C1O[C@@H](CNS(=O)(=O)c2ccccc2)CN1c1ccc2cc(-c3ccccc3C(F)(F)F)[nH]c(=O)c2c1. The number of carbonyl (C=O) groups excluding carboxylic acids is 1. The van der Waals surface area contributed by atoms with Crippen LogP contribution < -0.4 is 15.2 Å². The lowest BCUT2D eigenvalue weighted by Crippen LogP contribution is -2.34. The van der Waals surface area contributed by atoms with E-state index < -0.39 is 39.5 Å². The highest BCUT2D eigenvalue weighted by Crippen LogP contribution is 2.36. The molecule has 5 rings (SSSR count). The van der Waals surface area contributed by atoms with E-state index in [1.54, 1.807) is 24.3 Å². The third-order valence-electron chi connectivity index (χ3n) is 6.09. The number of cyclic esters (lactones) is 1. The smallest absolute Gasteiger partial charge is 0.417 e. The summed E-state index contributed by atoms with van der Waals surface area (Å²) < 4.78 is 73.0. The molecule has 1 saturated heterocycles. The molecule has 0 radical (unpaired) electrons. The molecule has 1 amide bonds. The molecule has 1 fully saturated rings. The van der Waals surface area contributed by atoms with Crippen molar-refractivity contribution in [1.29, 1.82) is 0 Å². The van der Waals surface area contributed by atoms with Gasteiger partial charge in [-0.05, 0) is 41.8 Å². The summed E-state index contributed by atoms with van der Waals surface area (Å²) in [4.78, 5) is 29.2. The second-order valence-corrected chi connectivity index (χ2v) is 10.4. The largest absolute Gasteiger partial charge is 0.443 e. The molecule has 1 aliphatic rings. The van der Waals surface area contributed by atoms with E-state index in [2.05, 4.69) is 9.71 Å². The molecule has 196 valence electrons. The van der Waals surface area contributed by atoms with Crippen molar-refractivity contribution < 1.29 is 31.1 Å². The number of carbonyl (C=O) groups is 1. The number of anilines is 1. The van der Waals surface area contributed by atoms with Crippen molar-refractivity contribution in [3.8, 4) is 11.3 Å². The summed E-state index contributed by atoms with van der Waals surface area (Å²) >= 11 is 0. The van der Waals surface area contributed by atoms with Gasteiger partial charge in [-0.3, -0.25) is 9.69 Å². The second-order valence-electron chi connectivity index (χ2n) is 8.61. The molecule has 4 aromatic rings. The van der Waals surface area contributed by atoms with E-state index in [9.17, 15) is 31.2 Å². The Morgan fingerprint density at radius 3 is 2.42 bits per heavy atom. The van der Waals surface area contributed by atoms with E-state index in [1.165, 1.54) is 53.4 Å². The molecule has 1 aromatic heterocycles. The highest BCUT2D eigenvalue weighted by molar-refractivity contribution is 7.89. The van der Waals surface area contributed by atoms with Gasteiger partial charge in [0.2, 0.25) is 10.0 Å². The molecule has 12 heteroatoms. The lowest BCUT2D eigenvalue weighted by molar-refractivity contribution is -0.137. The second kappa shape index (κ2) is 9.62. The number of rotatable bonds is 6. The molecule has 3 aromatic carbocycles. The summed E-state index contributed by atoms with van der Waals surface area (Å²) in [5, 5.41) is 0.543. The first kappa shape index (κ1) is 25.5. The first-order valence-electron chi connectivity index (χ1n) is 11.4. The van der Waals surface area contributed by atoms with Crippen LogP contribution >= 0.6 is 0 Å². The summed E-state index contributed by atoms with van der Waals surface area (Å²) in [5.41, 5.74) is -1.33. The van der Waals surface area contributed by atoms with Gasteiger partial charge in [-0.25, -0.2) is 17.9 Å². The molecular formula is C26H20F3N3O5S. The number of pyridine rings is 1.